The van der Waals surface area contributed by atoms with Crippen LogP contribution >= 0.6 is 11.3 Å². The predicted molar refractivity (Wildman–Crippen MR) is 112 cm³/mol. The standard InChI is InChI=1S/C22H23FN2O3S/c1-14-5-10-18(27-2)20-21(14)29-22(24-20)25(13-17-4-3-11-28-17)19(26)12-15-6-8-16(23)9-7-15/h5-10,17H,3-4,11-13H2,1-2H3. The SMILES string of the molecule is COc1ccc(C)c2sc(N(CC3CCCO3)C(=O)Cc3ccc(F)cc3)nc12. The van der Waals surface area contributed by atoms with Crippen molar-refractivity contribution in [2.24, 2.45) is 0 Å². The van der Waals surface area contributed by atoms with Gasteiger partial charge in [0.05, 0.1) is 30.9 Å². The van der Waals surface area contributed by atoms with Crippen LogP contribution in [0.25, 0.3) is 10.2 Å². The highest BCUT2D eigenvalue weighted by Crippen LogP contribution is 2.37. The molecule has 1 aromatic heterocycles. The Morgan fingerprint density at radius 1 is 1.31 bits per heavy atom. The number of hydrogen-bond donors (Lipinski definition) is 0. The number of halogens is 1. The van der Waals surface area contributed by atoms with Crippen LogP contribution in [0.1, 0.15) is 24.0 Å². The number of rotatable bonds is 6. The van der Waals surface area contributed by atoms with Gasteiger partial charge in [-0.3, -0.25) is 9.69 Å². The second-order valence-corrected chi connectivity index (χ2v) is 8.18. The zero-order valence-corrected chi connectivity index (χ0v) is 17.3. The molecule has 0 spiro atoms. The normalized spacial score (nSPS) is 16.3. The van der Waals surface area contributed by atoms with Crippen molar-refractivity contribution in [3.05, 3.63) is 53.3 Å². The molecule has 0 radical (unpaired) electrons. The van der Waals surface area contributed by atoms with Gasteiger partial charge in [0.15, 0.2) is 5.13 Å². The van der Waals surface area contributed by atoms with Crippen LogP contribution in [0.15, 0.2) is 36.4 Å². The number of amides is 1. The van der Waals surface area contributed by atoms with E-state index in [1.54, 1.807) is 24.1 Å². The summed E-state index contributed by atoms with van der Waals surface area (Å²) < 4.78 is 25.4. The Hall–Kier alpha value is -2.51. The summed E-state index contributed by atoms with van der Waals surface area (Å²) in [7, 11) is 1.62. The number of aromatic nitrogens is 1. The predicted octanol–water partition coefficient (Wildman–Crippen LogP) is 4.51. The van der Waals surface area contributed by atoms with E-state index in [9.17, 15) is 9.18 Å². The lowest BCUT2D eigenvalue weighted by molar-refractivity contribution is -0.118. The first-order chi connectivity index (χ1) is 14.0. The molecule has 152 valence electrons. The maximum atomic E-state index is 13.2. The average Bonchev–Trinajstić information content (AvgIpc) is 3.38. The number of carbonyl (C=O) groups is 1. The van der Waals surface area contributed by atoms with E-state index in [0.717, 1.165) is 40.8 Å². The number of carbonyl (C=O) groups excluding carboxylic acids is 1. The number of thiazole rings is 1. The molecule has 1 amide bonds. The third-order valence-electron chi connectivity index (χ3n) is 5.12. The van der Waals surface area contributed by atoms with Crippen molar-refractivity contribution >= 4 is 32.6 Å². The Morgan fingerprint density at radius 2 is 2.10 bits per heavy atom. The lowest BCUT2D eigenvalue weighted by atomic mass is 10.1. The van der Waals surface area contributed by atoms with Crippen molar-refractivity contribution < 1.29 is 18.7 Å². The number of ether oxygens (including phenoxy) is 2. The fourth-order valence-corrected chi connectivity index (χ4v) is 4.61. The van der Waals surface area contributed by atoms with Crippen LogP contribution in [0.5, 0.6) is 5.75 Å². The molecule has 1 unspecified atom stereocenters. The molecule has 0 aliphatic carbocycles. The summed E-state index contributed by atoms with van der Waals surface area (Å²) in [5.41, 5.74) is 2.62. The van der Waals surface area contributed by atoms with Crippen molar-refractivity contribution in [2.75, 3.05) is 25.2 Å². The molecule has 1 atom stereocenters. The number of benzene rings is 2. The van der Waals surface area contributed by atoms with Gasteiger partial charge >= 0.3 is 0 Å². The van der Waals surface area contributed by atoms with Gasteiger partial charge < -0.3 is 9.47 Å². The molecule has 5 nitrogen and oxygen atoms in total. The highest BCUT2D eigenvalue weighted by molar-refractivity contribution is 7.22. The van der Waals surface area contributed by atoms with Crippen LogP contribution < -0.4 is 9.64 Å². The minimum Gasteiger partial charge on any atom is -0.494 e. The number of methoxy groups -OCH3 is 1. The van der Waals surface area contributed by atoms with Gasteiger partial charge in [-0.05, 0) is 49.1 Å². The Kier molecular flexibility index (Phi) is 5.78. The summed E-state index contributed by atoms with van der Waals surface area (Å²) in [5, 5.41) is 0.634. The molecular weight excluding hydrogens is 391 g/mol. The van der Waals surface area contributed by atoms with E-state index in [1.165, 1.54) is 23.5 Å². The smallest absolute Gasteiger partial charge is 0.233 e. The zero-order chi connectivity index (χ0) is 20.4. The summed E-state index contributed by atoms with van der Waals surface area (Å²) in [5.74, 6) is 0.296. The maximum Gasteiger partial charge on any atom is 0.233 e. The number of hydrogen-bond acceptors (Lipinski definition) is 5. The van der Waals surface area contributed by atoms with E-state index in [0.29, 0.717) is 17.4 Å². The van der Waals surface area contributed by atoms with E-state index < -0.39 is 0 Å². The highest BCUT2D eigenvalue weighted by Gasteiger charge is 2.27. The third kappa shape index (κ3) is 4.26. The largest absolute Gasteiger partial charge is 0.494 e. The van der Waals surface area contributed by atoms with Crippen LogP contribution in [-0.2, 0) is 16.0 Å². The van der Waals surface area contributed by atoms with Gasteiger partial charge in [-0.2, -0.15) is 0 Å². The van der Waals surface area contributed by atoms with Crippen molar-refractivity contribution in [3.8, 4) is 5.75 Å². The topological polar surface area (TPSA) is 51.7 Å². The molecule has 0 bridgehead atoms. The number of fused-ring (bicyclic) bond motifs is 1. The first-order valence-corrected chi connectivity index (χ1v) is 10.5. The molecule has 1 aliphatic rings. The van der Waals surface area contributed by atoms with Crippen molar-refractivity contribution in [1.82, 2.24) is 4.98 Å². The third-order valence-corrected chi connectivity index (χ3v) is 6.34. The van der Waals surface area contributed by atoms with Crippen LogP contribution in [0.4, 0.5) is 9.52 Å². The van der Waals surface area contributed by atoms with E-state index in [4.69, 9.17) is 14.5 Å². The minimum atomic E-state index is -0.314. The van der Waals surface area contributed by atoms with Crippen LogP contribution in [-0.4, -0.2) is 37.3 Å². The zero-order valence-electron chi connectivity index (χ0n) is 16.5. The van der Waals surface area contributed by atoms with E-state index in [1.807, 2.05) is 19.1 Å². The van der Waals surface area contributed by atoms with Gasteiger partial charge in [-0.25, -0.2) is 9.37 Å². The number of nitrogens with zero attached hydrogens (tertiary/aromatic N) is 2. The summed E-state index contributed by atoms with van der Waals surface area (Å²) in [6.07, 6.45) is 2.10. The van der Waals surface area contributed by atoms with Gasteiger partial charge in [0, 0.05) is 6.61 Å². The lowest BCUT2D eigenvalue weighted by Crippen LogP contribution is -2.38. The molecule has 0 saturated carbocycles. The van der Waals surface area contributed by atoms with E-state index in [-0.39, 0.29) is 24.2 Å². The Labute approximate surface area is 173 Å². The van der Waals surface area contributed by atoms with Gasteiger partial charge in [0.2, 0.25) is 5.91 Å². The second kappa shape index (κ2) is 8.47. The van der Waals surface area contributed by atoms with Crippen LogP contribution in [0.3, 0.4) is 0 Å². The van der Waals surface area contributed by atoms with Crippen molar-refractivity contribution in [2.45, 2.75) is 32.3 Å². The molecule has 1 aliphatic heterocycles. The lowest BCUT2D eigenvalue weighted by Gasteiger charge is -2.23. The Balaban J connectivity index is 1.68. The molecule has 1 saturated heterocycles. The summed E-state index contributed by atoms with van der Waals surface area (Å²) in [6.45, 7) is 3.20. The van der Waals surface area contributed by atoms with Gasteiger partial charge in [-0.15, -0.1) is 0 Å². The molecule has 1 fully saturated rings. The first kappa shape index (κ1) is 19.8. The average molecular weight is 415 g/mol. The summed E-state index contributed by atoms with van der Waals surface area (Å²) >= 11 is 1.48. The van der Waals surface area contributed by atoms with Crippen molar-refractivity contribution in [1.29, 1.82) is 0 Å². The molecule has 7 heteroatoms. The van der Waals surface area contributed by atoms with Crippen molar-refractivity contribution in [3.63, 3.8) is 0 Å². The van der Waals surface area contributed by atoms with Gasteiger partial charge in [0.25, 0.3) is 0 Å². The van der Waals surface area contributed by atoms with Gasteiger partial charge in [-0.1, -0.05) is 29.5 Å². The Bertz CT molecular complexity index is 1010. The number of aryl methyl sites for hydroxylation is 1. The second-order valence-electron chi connectivity index (χ2n) is 7.20. The molecule has 2 aromatic carbocycles. The molecule has 4 rings (SSSR count). The van der Waals surface area contributed by atoms with E-state index in [2.05, 4.69) is 0 Å². The van der Waals surface area contributed by atoms with Crippen LogP contribution in [0, 0.1) is 12.7 Å². The molecule has 3 aromatic rings. The van der Waals surface area contributed by atoms with Gasteiger partial charge in [0.1, 0.15) is 17.1 Å². The molecular formula is C22H23FN2O3S. The van der Waals surface area contributed by atoms with E-state index >= 15 is 0 Å². The van der Waals surface area contributed by atoms with Crippen LogP contribution in [0.2, 0.25) is 0 Å². The summed E-state index contributed by atoms with van der Waals surface area (Å²) in [6, 6.07) is 9.92. The highest BCUT2D eigenvalue weighted by atomic mass is 32.1. The first-order valence-electron chi connectivity index (χ1n) is 9.65. The quantitative estimate of drug-likeness (QED) is 0.596. The fourth-order valence-electron chi connectivity index (χ4n) is 3.53. The fraction of sp³-hybridized carbons (Fsp3) is 0.364. The molecule has 2 heterocycles. The maximum absolute atomic E-state index is 13.2. The molecule has 0 N–H and O–H groups in total. The monoisotopic (exact) mass is 414 g/mol. The molecule has 29 heavy (non-hydrogen) atoms. The number of anilines is 1. The summed E-state index contributed by atoms with van der Waals surface area (Å²) in [4.78, 5) is 19.7. The minimum absolute atomic E-state index is 0.00201. The Morgan fingerprint density at radius 3 is 2.79 bits per heavy atom.